The molecule has 1 N–H and O–H groups in total. The van der Waals surface area contributed by atoms with Gasteiger partial charge in [-0.1, -0.05) is 17.3 Å². The second-order valence-corrected chi connectivity index (χ2v) is 3.70. The van der Waals surface area contributed by atoms with E-state index in [-0.39, 0.29) is 22.6 Å². The van der Waals surface area contributed by atoms with Crippen LogP contribution in [-0.4, -0.2) is 16.2 Å². The van der Waals surface area contributed by atoms with Crippen molar-refractivity contribution >= 4 is 5.97 Å². The van der Waals surface area contributed by atoms with Crippen molar-refractivity contribution in [1.82, 2.24) is 5.16 Å². The van der Waals surface area contributed by atoms with E-state index in [4.69, 9.17) is 9.63 Å². The molecule has 0 aliphatic rings. The fraction of sp³-hybridized carbons (Fsp3) is 0.167. The van der Waals surface area contributed by atoms with Crippen molar-refractivity contribution in [3.63, 3.8) is 0 Å². The lowest BCUT2D eigenvalue weighted by atomic mass is 10.0. The first-order valence-corrected chi connectivity index (χ1v) is 4.97. The number of halogens is 1. The Hall–Kier alpha value is -2.17. The largest absolute Gasteiger partial charge is 0.477 e. The van der Waals surface area contributed by atoms with Gasteiger partial charge in [-0.25, -0.2) is 9.18 Å². The number of aromatic nitrogens is 1. The van der Waals surface area contributed by atoms with Crippen LogP contribution in [0.15, 0.2) is 22.7 Å². The fourth-order valence-electron chi connectivity index (χ4n) is 1.64. The maximum Gasteiger partial charge on any atom is 0.341 e. The second kappa shape index (κ2) is 4.01. The number of aromatic carboxylic acids is 1. The first-order valence-electron chi connectivity index (χ1n) is 4.97. The number of hydrogen-bond donors (Lipinski definition) is 1. The molecule has 5 heteroatoms. The number of rotatable bonds is 2. The molecule has 0 spiro atoms. The molecule has 0 fully saturated rings. The van der Waals surface area contributed by atoms with Gasteiger partial charge >= 0.3 is 5.97 Å². The molecule has 4 nitrogen and oxygen atoms in total. The summed E-state index contributed by atoms with van der Waals surface area (Å²) in [5.74, 6) is -1.50. The first kappa shape index (κ1) is 11.3. The maximum atomic E-state index is 13.9. The third-order valence-electron chi connectivity index (χ3n) is 2.52. The van der Waals surface area contributed by atoms with E-state index in [1.807, 2.05) is 0 Å². The molecular formula is C12H10FNO3. The minimum atomic E-state index is -1.18. The van der Waals surface area contributed by atoms with E-state index >= 15 is 0 Å². The lowest BCUT2D eigenvalue weighted by molar-refractivity contribution is 0.0696. The Kier molecular flexibility index (Phi) is 2.67. The minimum Gasteiger partial charge on any atom is -0.477 e. The van der Waals surface area contributed by atoms with E-state index in [9.17, 15) is 9.18 Å². The van der Waals surface area contributed by atoms with Gasteiger partial charge in [-0.2, -0.15) is 0 Å². The predicted octanol–water partition coefficient (Wildman–Crippen LogP) is 2.80. The summed E-state index contributed by atoms with van der Waals surface area (Å²) < 4.78 is 18.7. The fourth-order valence-corrected chi connectivity index (χ4v) is 1.64. The molecule has 0 unspecified atom stereocenters. The van der Waals surface area contributed by atoms with Crippen molar-refractivity contribution in [2.45, 2.75) is 13.8 Å². The highest BCUT2D eigenvalue weighted by Crippen LogP contribution is 2.28. The molecule has 0 aliphatic heterocycles. The summed E-state index contributed by atoms with van der Waals surface area (Å²) in [7, 11) is 0. The van der Waals surface area contributed by atoms with Crippen LogP contribution in [0.4, 0.5) is 4.39 Å². The van der Waals surface area contributed by atoms with Crippen LogP contribution in [0.2, 0.25) is 0 Å². The van der Waals surface area contributed by atoms with Gasteiger partial charge in [0, 0.05) is 5.56 Å². The van der Waals surface area contributed by atoms with Gasteiger partial charge in [0.2, 0.25) is 0 Å². The lowest BCUT2D eigenvalue weighted by Crippen LogP contribution is -2.00. The van der Waals surface area contributed by atoms with E-state index in [2.05, 4.69) is 5.16 Å². The summed E-state index contributed by atoms with van der Waals surface area (Å²) in [5, 5.41) is 12.6. The summed E-state index contributed by atoms with van der Waals surface area (Å²) in [5.41, 5.74) is 0.490. The molecule has 0 aliphatic carbocycles. The first-order chi connectivity index (χ1) is 8.02. The molecule has 1 aromatic heterocycles. The Morgan fingerprint density at radius 3 is 2.76 bits per heavy atom. The molecular weight excluding hydrogens is 225 g/mol. The minimum absolute atomic E-state index is 0.0243. The average Bonchev–Trinajstić information content (AvgIpc) is 2.64. The van der Waals surface area contributed by atoms with E-state index in [1.165, 1.54) is 13.0 Å². The van der Waals surface area contributed by atoms with Crippen LogP contribution >= 0.6 is 0 Å². The van der Waals surface area contributed by atoms with Gasteiger partial charge in [0.1, 0.15) is 22.8 Å². The Balaban J connectivity index is 2.69. The van der Waals surface area contributed by atoms with Crippen molar-refractivity contribution in [3.8, 4) is 11.3 Å². The standard InChI is InChI=1S/C12H10FNO3/c1-6-4-3-5-8(10(6)13)11-9(12(15)16)7(2)17-14-11/h3-5H,1-2H3,(H,15,16). The van der Waals surface area contributed by atoms with Crippen LogP contribution in [-0.2, 0) is 0 Å². The Morgan fingerprint density at radius 2 is 2.12 bits per heavy atom. The highest BCUT2D eigenvalue weighted by atomic mass is 19.1. The smallest absolute Gasteiger partial charge is 0.341 e. The van der Waals surface area contributed by atoms with E-state index in [0.717, 1.165) is 0 Å². The van der Waals surface area contributed by atoms with Crippen LogP contribution in [0.25, 0.3) is 11.3 Å². The van der Waals surface area contributed by atoms with Gasteiger partial charge < -0.3 is 9.63 Å². The molecule has 1 aromatic carbocycles. The van der Waals surface area contributed by atoms with Gasteiger partial charge in [-0.05, 0) is 25.5 Å². The summed E-state index contributed by atoms with van der Waals surface area (Å²) in [6.07, 6.45) is 0. The predicted molar refractivity (Wildman–Crippen MR) is 58.3 cm³/mol. The van der Waals surface area contributed by atoms with E-state index < -0.39 is 11.8 Å². The van der Waals surface area contributed by atoms with Crippen LogP contribution in [0, 0.1) is 19.7 Å². The van der Waals surface area contributed by atoms with Crippen molar-refractivity contribution < 1.29 is 18.8 Å². The Morgan fingerprint density at radius 1 is 1.41 bits per heavy atom. The van der Waals surface area contributed by atoms with Gasteiger partial charge in [-0.3, -0.25) is 0 Å². The molecule has 0 saturated carbocycles. The number of hydrogen-bond acceptors (Lipinski definition) is 3. The second-order valence-electron chi connectivity index (χ2n) is 3.70. The summed E-state index contributed by atoms with van der Waals surface area (Å²) in [6.45, 7) is 3.08. The molecule has 0 radical (unpaired) electrons. The van der Waals surface area contributed by atoms with Crippen LogP contribution in [0.5, 0.6) is 0 Å². The zero-order valence-electron chi connectivity index (χ0n) is 9.32. The molecule has 0 atom stereocenters. The average molecular weight is 235 g/mol. The Labute approximate surface area is 96.7 Å². The van der Waals surface area contributed by atoms with E-state index in [1.54, 1.807) is 19.1 Å². The molecule has 0 bridgehead atoms. The third kappa shape index (κ3) is 1.80. The Bertz CT molecular complexity index is 589. The zero-order valence-corrected chi connectivity index (χ0v) is 9.32. The monoisotopic (exact) mass is 235 g/mol. The lowest BCUT2D eigenvalue weighted by Gasteiger charge is -2.02. The summed E-state index contributed by atoms with van der Waals surface area (Å²) in [4.78, 5) is 11.1. The van der Waals surface area contributed by atoms with Gasteiger partial charge in [0.15, 0.2) is 0 Å². The van der Waals surface area contributed by atoms with Crippen molar-refractivity contribution in [1.29, 1.82) is 0 Å². The SMILES string of the molecule is Cc1cccc(-c2noc(C)c2C(=O)O)c1F. The topological polar surface area (TPSA) is 63.3 Å². The molecule has 2 rings (SSSR count). The van der Waals surface area contributed by atoms with Crippen LogP contribution < -0.4 is 0 Å². The molecule has 2 aromatic rings. The summed E-state index contributed by atoms with van der Waals surface area (Å²) >= 11 is 0. The summed E-state index contributed by atoms with van der Waals surface area (Å²) in [6, 6.07) is 4.72. The van der Waals surface area contributed by atoms with Gasteiger partial charge in [0.25, 0.3) is 0 Å². The highest BCUT2D eigenvalue weighted by Gasteiger charge is 2.23. The van der Waals surface area contributed by atoms with Crippen LogP contribution in [0.3, 0.4) is 0 Å². The quantitative estimate of drug-likeness (QED) is 0.869. The number of aryl methyl sites for hydroxylation is 2. The highest BCUT2D eigenvalue weighted by molar-refractivity contribution is 5.95. The van der Waals surface area contributed by atoms with Crippen molar-refractivity contribution in [2.75, 3.05) is 0 Å². The molecule has 88 valence electrons. The number of benzene rings is 1. The maximum absolute atomic E-state index is 13.9. The molecule has 0 amide bonds. The van der Waals surface area contributed by atoms with Crippen molar-refractivity contribution in [3.05, 3.63) is 40.9 Å². The number of nitrogens with zero attached hydrogens (tertiary/aromatic N) is 1. The third-order valence-corrected chi connectivity index (χ3v) is 2.52. The number of carboxylic acid groups (broad SMARTS) is 1. The number of carbonyl (C=O) groups is 1. The zero-order chi connectivity index (χ0) is 12.6. The molecule has 17 heavy (non-hydrogen) atoms. The normalized spacial score (nSPS) is 10.5. The van der Waals surface area contributed by atoms with E-state index in [0.29, 0.717) is 5.56 Å². The van der Waals surface area contributed by atoms with Gasteiger partial charge in [0.05, 0.1) is 0 Å². The molecule has 1 heterocycles. The number of carboxylic acids is 1. The van der Waals surface area contributed by atoms with Gasteiger partial charge in [-0.15, -0.1) is 0 Å². The molecule has 0 saturated heterocycles. The van der Waals surface area contributed by atoms with Crippen LogP contribution in [0.1, 0.15) is 21.7 Å². The van der Waals surface area contributed by atoms with Crippen molar-refractivity contribution in [2.24, 2.45) is 0 Å².